The van der Waals surface area contributed by atoms with E-state index in [0.29, 0.717) is 12.1 Å². The molecule has 1 amide bonds. The summed E-state index contributed by atoms with van der Waals surface area (Å²) in [5, 5.41) is 15.8. The Balaban J connectivity index is 1.43. The number of nitrogens with zero attached hydrogens (tertiary/aromatic N) is 4. The molecule has 0 saturated carbocycles. The zero-order valence-electron chi connectivity index (χ0n) is 12.9. The van der Waals surface area contributed by atoms with Gasteiger partial charge in [-0.3, -0.25) is 4.79 Å². The van der Waals surface area contributed by atoms with Crippen LogP contribution in [0.3, 0.4) is 0 Å². The molecule has 0 fully saturated rings. The summed E-state index contributed by atoms with van der Waals surface area (Å²) in [6, 6.07) is 13.3. The van der Waals surface area contributed by atoms with Crippen molar-refractivity contribution in [3.05, 3.63) is 71.8 Å². The van der Waals surface area contributed by atoms with Crippen LogP contribution in [-0.4, -0.2) is 25.7 Å². The minimum Gasteiger partial charge on any atom is -0.348 e. The van der Waals surface area contributed by atoms with Crippen molar-refractivity contribution in [3.63, 3.8) is 0 Å². The van der Waals surface area contributed by atoms with Crippen LogP contribution in [0.1, 0.15) is 15.9 Å². The summed E-state index contributed by atoms with van der Waals surface area (Å²) < 4.78 is 14.8. The molecular formula is C17H12FN5OS. The quantitative estimate of drug-likeness (QED) is 0.612. The van der Waals surface area contributed by atoms with Crippen molar-refractivity contribution in [1.29, 1.82) is 0 Å². The summed E-state index contributed by atoms with van der Waals surface area (Å²) in [6.45, 7) is 0.362. The highest BCUT2D eigenvalue weighted by molar-refractivity contribution is 7.19. The maximum Gasteiger partial charge on any atom is 0.251 e. The van der Waals surface area contributed by atoms with Crippen molar-refractivity contribution in [2.24, 2.45) is 0 Å². The summed E-state index contributed by atoms with van der Waals surface area (Å²) in [4.78, 5) is 12.8. The molecule has 0 aliphatic carbocycles. The van der Waals surface area contributed by atoms with Crippen LogP contribution >= 0.6 is 11.3 Å². The number of hydrogen-bond donors (Lipinski definition) is 1. The minimum atomic E-state index is -0.429. The number of halogens is 1. The molecule has 0 aliphatic rings. The smallest absolute Gasteiger partial charge is 0.251 e. The van der Waals surface area contributed by atoms with E-state index in [2.05, 4.69) is 20.6 Å². The highest BCUT2D eigenvalue weighted by Gasteiger charge is 2.09. The van der Waals surface area contributed by atoms with Crippen LogP contribution in [0.4, 0.5) is 4.39 Å². The molecule has 0 saturated heterocycles. The van der Waals surface area contributed by atoms with Crippen LogP contribution in [0.5, 0.6) is 0 Å². The predicted octanol–water partition coefficient (Wildman–Crippen LogP) is 2.92. The summed E-state index contributed by atoms with van der Waals surface area (Å²) in [6.07, 6.45) is 1.56. The third-order valence-corrected chi connectivity index (χ3v) is 4.59. The number of aromatic nitrogens is 4. The molecule has 0 spiro atoms. The normalized spacial score (nSPS) is 10.9. The maximum absolute atomic E-state index is 13.2. The van der Waals surface area contributed by atoms with E-state index in [0.717, 1.165) is 21.1 Å². The number of fused-ring (bicyclic) bond motifs is 1. The number of carbonyl (C=O) groups is 1. The number of rotatable bonds is 4. The van der Waals surface area contributed by atoms with Crippen molar-refractivity contribution >= 4 is 22.2 Å². The standard InChI is InChI=1S/C17H12FN5OS/c18-14-3-1-2-13(8-14)15(24)19-9-11-4-6-12(7-5-11)16-22-23-10-20-21-17(23)25-16/h1-8,10H,9H2,(H,19,24). The van der Waals surface area contributed by atoms with Crippen LogP contribution in [0.2, 0.25) is 0 Å². The van der Waals surface area contributed by atoms with Gasteiger partial charge in [0, 0.05) is 17.7 Å². The number of carbonyl (C=O) groups excluding carboxylic acids is 1. The zero-order valence-corrected chi connectivity index (χ0v) is 13.7. The van der Waals surface area contributed by atoms with Gasteiger partial charge in [0.1, 0.15) is 17.2 Å². The van der Waals surface area contributed by atoms with E-state index in [9.17, 15) is 9.18 Å². The molecule has 124 valence electrons. The summed E-state index contributed by atoms with van der Waals surface area (Å²) >= 11 is 1.45. The Morgan fingerprint density at radius 3 is 2.80 bits per heavy atom. The molecule has 2 aromatic carbocycles. The molecule has 25 heavy (non-hydrogen) atoms. The molecule has 0 bridgehead atoms. The van der Waals surface area contributed by atoms with E-state index in [1.165, 1.54) is 29.5 Å². The van der Waals surface area contributed by atoms with Gasteiger partial charge in [-0.25, -0.2) is 4.39 Å². The van der Waals surface area contributed by atoms with Gasteiger partial charge in [-0.1, -0.05) is 41.7 Å². The van der Waals surface area contributed by atoms with Crippen LogP contribution in [0.15, 0.2) is 54.9 Å². The summed E-state index contributed by atoms with van der Waals surface area (Å²) in [5.74, 6) is -0.737. The molecule has 2 heterocycles. The molecule has 1 N–H and O–H groups in total. The van der Waals surface area contributed by atoms with E-state index < -0.39 is 5.82 Å². The molecule has 8 heteroatoms. The van der Waals surface area contributed by atoms with E-state index in [-0.39, 0.29) is 5.91 Å². The average Bonchev–Trinajstić information content (AvgIpc) is 3.22. The molecule has 2 aromatic heterocycles. The van der Waals surface area contributed by atoms with Gasteiger partial charge in [0.05, 0.1) is 0 Å². The van der Waals surface area contributed by atoms with Crippen molar-refractivity contribution in [3.8, 4) is 10.6 Å². The first-order valence-electron chi connectivity index (χ1n) is 7.49. The van der Waals surface area contributed by atoms with Crippen molar-refractivity contribution < 1.29 is 9.18 Å². The summed E-state index contributed by atoms with van der Waals surface area (Å²) in [5.41, 5.74) is 2.21. The number of hydrogen-bond acceptors (Lipinski definition) is 5. The third-order valence-electron chi connectivity index (χ3n) is 3.63. The van der Waals surface area contributed by atoms with Crippen LogP contribution in [0.25, 0.3) is 15.5 Å². The Hall–Kier alpha value is -3.13. The molecule has 0 unspecified atom stereocenters. The predicted molar refractivity (Wildman–Crippen MR) is 91.7 cm³/mol. The minimum absolute atomic E-state index is 0.302. The Kier molecular flexibility index (Phi) is 3.95. The topological polar surface area (TPSA) is 72.2 Å². The van der Waals surface area contributed by atoms with Crippen LogP contribution < -0.4 is 5.32 Å². The largest absolute Gasteiger partial charge is 0.348 e. The molecular weight excluding hydrogens is 341 g/mol. The highest BCUT2D eigenvalue weighted by Crippen LogP contribution is 2.24. The van der Waals surface area contributed by atoms with Crippen LogP contribution in [0, 0.1) is 5.82 Å². The van der Waals surface area contributed by atoms with E-state index in [1.807, 2.05) is 24.3 Å². The second-order valence-corrected chi connectivity index (χ2v) is 6.31. The molecule has 0 aliphatic heterocycles. The zero-order chi connectivity index (χ0) is 17.2. The highest BCUT2D eigenvalue weighted by atomic mass is 32.1. The fraction of sp³-hybridized carbons (Fsp3) is 0.0588. The number of nitrogens with one attached hydrogen (secondary N) is 1. The lowest BCUT2D eigenvalue weighted by atomic mass is 10.1. The lowest BCUT2D eigenvalue weighted by Crippen LogP contribution is -2.22. The first-order chi connectivity index (χ1) is 12.2. The molecule has 0 atom stereocenters. The second-order valence-electron chi connectivity index (χ2n) is 5.36. The maximum atomic E-state index is 13.2. The first kappa shape index (κ1) is 15.4. The fourth-order valence-electron chi connectivity index (χ4n) is 2.36. The van der Waals surface area contributed by atoms with E-state index in [4.69, 9.17) is 0 Å². The van der Waals surface area contributed by atoms with Gasteiger partial charge >= 0.3 is 0 Å². The lowest BCUT2D eigenvalue weighted by Gasteiger charge is -2.06. The van der Waals surface area contributed by atoms with Gasteiger partial charge in [0.2, 0.25) is 4.96 Å². The summed E-state index contributed by atoms with van der Waals surface area (Å²) in [7, 11) is 0. The van der Waals surface area contributed by atoms with Gasteiger partial charge in [0.15, 0.2) is 0 Å². The van der Waals surface area contributed by atoms with E-state index in [1.54, 1.807) is 16.9 Å². The Morgan fingerprint density at radius 2 is 2.04 bits per heavy atom. The molecule has 4 rings (SSSR count). The van der Waals surface area contributed by atoms with E-state index >= 15 is 0 Å². The Labute approximate surface area is 146 Å². The Morgan fingerprint density at radius 1 is 1.20 bits per heavy atom. The van der Waals surface area contributed by atoms with Gasteiger partial charge < -0.3 is 5.32 Å². The lowest BCUT2D eigenvalue weighted by molar-refractivity contribution is 0.0950. The third kappa shape index (κ3) is 3.24. The molecule has 4 aromatic rings. The fourth-order valence-corrected chi connectivity index (χ4v) is 3.18. The van der Waals surface area contributed by atoms with Gasteiger partial charge in [0.25, 0.3) is 5.91 Å². The molecule has 0 radical (unpaired) electrons. The monoisotopic (exact) mass is 353 g/mol. The van der Waals surface area contributed by atoms with Gasteiger partial charge in [-0.05, 0) is 23.8 Å². The van der Waals surface area contributed by atoms with Gasteiger partial charge in [-0.15, -0.1) is 10.2 Å². The average molecular weight is 353 g/mol. The van der Waals surface area contributed by atoms with Gasteiger partial charge in [-0.2, -0.15) is 9.61 Å². The number of amides is 1. The van der Waals surface area contributed by atoms with Crippen molar-refractivity contribution in [2.75, 3.05) is 0 Å². The number of benzene rings is 2. The first-order valence-corrected chi connectivity index (χ1v) is 8.30. The van der Waals surface area contributed by atoms with Crippen LogP contribution in [-0.2, 0) is 6.54 Å². The SMILES string of the molecule is O=C(NCc1ccc(-c2nn3cnnc3s2)cc1)c1cccc(F)c1. The van der Waals surface area contributed by atoms with Crippen molar-refractivity contribution in [2.45, 2.75) is 6.54 Å². The van der Waals surface area contributed by atoms with Crippen molar-refractivity contribution in [1.82, 2.24) is 25.1 Å². The second kappa shape index (κ2) is 6.40. The Bertz CT molecular complexity index is 1010. The molecule has 6 nitrogen and oxygen atoms in total.